The van der Waals surface area contributed by atoms with Crippen molar-refractivity contribution in [2.24, 2.45) is 0 Å². The van der Waals surface area contributed by atoms with Gasteiger partial charge in [-0.2, -0.15) is 0 Å². The second-order valence-corrected chi connectivity index (χ2v) is 10.7. The summed E-state index contributed by atoms with van der Waals surface area (Å²) in [6.07, 6.45) is 1.43. The molecular formula is C32H24BrClN2O5. The maximum atomic E-state index is 13.5. The molecule has 1 N–H and O–H groups in total. The van der Waals surface area contributed by atoms with E-state index in [1.165, 1.54) is 6.08 Å². The maximum absolute atomic E-state index is 13.5. The number of carbonyl (C=O) groups excluding carboxylic acids is 3. The van der Waals surface area contributed by atoms with Crippen molar-refractivity contribution in [3.63, 3.8) is 0 Å². The lowest BCUT2D eigenvalue weighted by molar-refractivity contribution is -0.122. The molecule has 0 aromatic heterocycles. The van der Waals surface area contributed by atoms with Gasteiger partial charge in [0, 0.05) is 15.1 Å². The van der Waals surface area contributed by atoms with E-state index in [2.05, 4.69) is 21.2 Å². The van der Waals surface area contributed by atoms with Crippen LogP contribution in [0.25, 0.3) is 6.08 Å². The summed E-state index contributed by atoms with van der Waals surface area (Å²) in [5.74, 6) is -0.514. The molecule has 0 atom stereocenters. The summed E-state index contributed by atoms with van der Waals surface area (Å²) in [5.41, 5.74) is 3.62. The van der Waals surface area contributed by atoms with Crippen molar-refractivity contribution in [1.29, 1.82) is 0 Å². The van der Waals surface area contributed by atoms with Crippen LogP contribution in [0.1, 0.15) is 22.3 Å². The van der Waals surface area contributed by atoms with Crippen LogP contribution in [0.2, 0.25) is 5.02 Å². The highest BCUT2D eigenvalue weighted by Crippen LogP contribution is 2.29. The highest BCUT2D eigenvalue weighted by atomic mass is 79.9. The zero-order valence-corrected chi connectivity index (χ0v) is 24.2. The molecule has 206 valence electrons. The van der Waals surface area contributed by atoms with Gasteiger partial charge in [-0.25, -0.2) is 9.69 Å². The molecule has 0 bridgehead atoms. The van der Waals surface area contributed by atoms with Crippen molar-refractivity contribution in [2.75, 3.05) is 4.90 Å². The molecular weight excluding hydrogens is 608 g/mol. The molecule has 4 amide bonds. The van der Waals surface area contributed by atoms with Crippen molar-refractivity contribution in [3.8, 4) is 11.5 Å². The summed E-state index contributed by atoms with van der Waals surface area (Å²) in [6.45, 7) is 2.62. The van der Waals surface area contributed by atoms with E-state index in [1.54, 1.807) is 48.5 Å². The predicted octanol–water partition coefficient (Wildman–Crippen LogP) is 7.24. The van der Waals surface area contributed by atoms with Crippen LogP contribution in [0.15, 0.2) is 101 Å². The van der Waals surface area contributed by atoms with E-state index in [9.17, 15) is 14.4 Å². The maximum Gasteiger partial charge on any atom is 0.335 e. The fourth-order valence-electron chi connectivity index (χ4n) is 4.21. The molecule has 1 heterocycles. The molecule has 1 aliphatic rings. The van der Waals surface area contributed by atoms with Crippen molar-refractivity contribution < 1.29 is 23.9 Å². The minimum Gasteiger partial charge on any atom is -0.489 e. The third kappa shape index (κ3) is 6.85. The third-order valence-corrected chi connectivity index (χ3v) is 7.01. The molecule has 41 heavy (non-hydrogen) atoms. The normalized spacial score (nSPS) is 14.3. The summed E-state index contributed by atoms with van der Waals surface area (Å²) < 4.78 is 12.6. The molecule has 1 fully saturated rings. The Morgan fingerprint density at radius 1 is 0.854 bits per heavy atom. The monoisotopic (exact) mass is 630 g/mol. The largest absolute Gasteiger partial charge is 0.489 e. The van der Waals surface area contributed by atoms with Crippen molar-refractivity contribution >= 4 is 57.1 Å². The Morgan fingerprint density at radius 3 is 2.32 bits per heavy atom. The molecule has 9 heteroatoms. The quantitative estimate of drug-likeness (QED) is 0.164. The average molecular weight is 632 g/mol. The van der Waals surface area contributed by atoms with Crippen LogP contribution in [0.4, 0.5) is 10.5 Å². The highest BCUT2D eigenvalue weighted by Gasteiger charge is 2.37. The number of anilines is 1. The van der Waals surface area contributed by atoms with Gasteiger partial charge in [-0.15, -0.1) is 0 Å². The number of halogens is 2. The number of amides is 4. The van der Waals surface area contributed by atoms with Gasteiger partial charge in [-0.3, -0.25) is 14.9 Å². The summed E-state index contributed by atoms with van der Waals surface area (Å²) in [7, 11) is 0. The number of urea groups is 1. The number of aryl methyl sites for hydroxylation is 1. The second kappa shape index (κ2) is 12.4. The minimum absolute atomic E-state index is 0.203. The number of carbonyl (C=O) groups is 3. The third-order valence-electron chi connectivity index (χ3n) is 6.26. The Balaban J connectivity index is 1.35. The van der Waals surface area contributed by atoms with Gasteiger partial charge in [-0.1, -0.05) is 69.5 Å². The lowest BCUT2D eigenvalue weighted by atomic mass is 10.1. The van der Waals surface area contributed by atoms with Crippen LogP contribution in [-0.4, -0.2) is 17.8 Å². The number of imide groups is 2. The first kappa shape index (κ1) is 28.1. The molecule has 0 spiro atoms. The average Bonchev–Trinajstić information content (AvgIpc) is 2.95. The van der Waals surface area contributed by atoms with Crippen LogP contribution >= 0.6 is 27.5 Å². The SMILES string of the molecule is Cc1cccc(COc2ccc(Br)cc2/C=C2\C(=O)NC(=O)N(c3ccc(OCc4ccc(Cl)cc4)cc3)C2=O)c1. The number of barbiturate groups is 1. The molecule has 0 radical (unpaired) electrons. The number of nitrogens with zero attached hydrogens (tertiary/aromatic N) is 1. The van der Waals surface area contributed by atoms with Crippen LogP contribution < -0.4 is 19.7 Å². The van der Waals surface area contributed by atoms with Crippen molar-refractivity contribution in [3.05, 3.63) is 128 Å². The van der Waals surface area contributed by atoms with E-state index in [4.69, 9.17) is 21.1 Å². The molecule has 1 aliphatic heterocycles. The summed E-state index contributed by atoms with van der Waals surface area (Å²) in [6, 6.07) is 26.2. The number of nitrogens with one attached hydrogen (secondary N) is 1. The lowest BCUT2D eigenvalue weighted by Gasteiger charge is -2.26. The summed E-state index contributed by atoms with van der Waals surface area (Å²) in [5, 5.41) is 2.90. The zero-order chi connectivity index (χ0) is 28.9. The lowest BCUT2D eigenvalue weighted by Crippen LogP contribution is -2.54. The number of rotatable bonds is 8. The van der Waals surface area contributed by atoms with Gasteiger partial charge in [0.2, 0.25) is 0 Å². The fraction of sp³-hybridized carbons (Fsp3) is 0.0938. The standard InChI is InChI=1S/C32H24BrClN2O5/c1-20-3-2-4-22(15-20)19-41-29-14-7-24(33)16-23(29)17-28-30(37)35-32(39)36(31(28)38)26-10-12-27(13-11-26)40-18-21-5-8-25(34)9-6-21/h2-17H,18-19H2,1H3,(H,35,37,39)/b28-17+. The minimum atomic E-state index is -0.836. The van der Waals surface area contributed by atoms with Crippen LogP contribution in [-0.2, 0) is 22.8 Å². The molecule has 0 aliphatic carbocycles. The van der Waals surface area contributed by atoms with E-state index < -0.39 is 17.8 Å². The first-order valence-electron chi connectivity index (χ1n) is 12.6. The Kier molecular flexibility index (Phi) is 8.52. The molecule has 4 aromatic rings. The zero-order valence-electron chi connectivity index (χ0n) is 21.9. The number of hydrogen-bond acceptors (Lipinski definition) is 5. The second-order valence-electron chi connectivity index (χ2n) is 9.33. The van der Waals surface area contributed by atoms with Gasteiger partial charge in [0.1, 0.15) is 30.3 Å². The number of benzene rings is 4. The molecule has 0 saturated carbocycles. The smallest absolute Gasteiger partial charge is 0.335 e. The van der Waals surface area contributed by atoms with Gasteiger partial charge in [-0.05, 0) is 78.7 Å². The first-order chi connectivity index (χ1) is 19.8. The van der Waals surface area contributed by atoms with E-state index in [0.717, 1.165) is 26.1 Å². The molecule has 4 aromatic carbocycles. The molecule has 7 nitrogen and oxygen atoms in total. The van der Waals surface area contributed by atoms with E-state index in [1.807, 2.05) is 49.4 Å². The Bertz CT molecular complexity index is 1650. The Morgan fingerprint density at radius 2 is 1.59 bits per heavy atom. The van der Waals surface area contributed by atoms with Crippen LogP contribution in [0, 0.1) is 6.92 Å². The van der Waals surface area contributed by atoms with Gasteiger partial charge < -0.3 is 9.47 Å². The Hall–Kier alpha value is -4.40. The Labute approximate surface area is 250 Å². The van der Waals surface area contributed by atoms with E-state index in [0.29, 0.717) is 35.3 Å². The van der Waals surface area contributed by atoms with Crippen molar-refractivity contribution in [1.82, 2.24) is 5.32 Å². The van der Waals surface area contributed by atoms with Crippen LogP contribution in [0.5, 0.6) is 11.5 Å². The van der Waals surface area contributed by atoms with E-state index in [-0.39, 0.29) is 11.3 Å². The first-order valence-corrected chi connectivity index (χ1v) is 13.8. The molecule has 1 saturated heterocycles. The van der Waals surface area contributed by atoms with Gasteiger partial charge in [0.15, 0.2) is 0 Å². The summed E-state index contributed by atoms with van der Waals surface area (Å²) >= 11 is 9.37. The highest BCUT2D eigenvalue weighted by molar-refractivity contribution is 9.10. The number of ether oxygens (including phenoxy) is 2. The van der Waals surface area contributed by atoms with Gasteiger partial charge in [0.25, 0.3) is 11.8 Å². The predicted molar refractivity (Wildman–Crippen MR) is 161 cm³/mol. The summed E-state index contributed by atoms with van der Waals surface area (Å²) in [4.78, 5) is 39.9. The molecule has 5 rings (SSSR count). The van der Waals surface area contributed by atoms with E-state index >= 15 is 0 Å². The van der Waals surface area contributed by atoms with Gasteiger partial charge >= 0.3 is 6.03 Å². The number of hydrogen-bond donors (Lipinski definition) is 1. The van der Waals surface area contributed by atoms with Gasteiger partial charge in [0.05, 0.1) is 5.69 Å². The molecule has 0 unspecified atom stereocenters. The topological polar surface area (TPSA) is 84.9 Å². The van der Waals surface area contributed by atoms with Crippen molar-refractivity contribution in [2.45, 2.75) is 20.1 Å². The fourth-order valence-corrected chi connectivity index (χ4v) is 4.72. The van der Waals surface area contributed by atoms with Crippen LogP contribution in [0.3, 0.4) is 0 Å².